The van der Waals surface area contributed by atoms with Gasteiger partial charge in [0.15, 0.2) is 18.1 Å². The first-order chi connectivity index (χ1) is 16.1. The Morgan fingerprint density at radius 2 is 1.73 bits per heavy atom. The van der Waals surface area contributed by atoms with Crippen LogP contribution in [-0.4, -0.2) is 31.6 Å². The van der Waals surface area contributed by atoms with Crippen LogP contribution in [0.25, 0.3) is 17.2 Å². The number of hydrazine groups is 1. The predicted octanol–water partition coefficient (Wildman–Crippen LogP) is 4.02. The average Bonchev–Trinajstić information content (AvgIpc) is 2.85. The number of fused-ring (bicyclic) bond motifs is 1. The van der Waals surface area contributed by atoms with E-state index in [0.717, 1.165) is 11.1 Å². The van der Waals surface area contributed by atoms with Gasteiger partial charge in [0.25, 0.3) is 11.8 Å². The Balaban J connectivity index is 1.29. The van der Waals surface area contributed by atoms with Crippen LogP contribution in [0.4, 0.5) is 0 Å². The molecule has 2 N–H and O–H groups in total. The Morgan fingerprint density at radius 3 is 2.58 bits per heavy atom. The molecule has 1 aliphatic rings. The maximum absolute atomic E-state index is 12.1. The van der Waals surface area contributed by atoms with Gasteiger partial charge in [0.05, 0.1) is 5.02 Å². The smallest absolute Gasteiger partial charge is 0.276 e. The standard InChI is InChI=1S/C25H21ClN2O5/c26-20-14-17(15-22-25(20)32-13-12-31-22)10-11-23(29)27-28-24(30)16-33-21-9-5-4-8-19(21)18-6-2-1-3-7-18/h1-11,14-15H,12-13,16H2,(H,27,29)(H,28,30)/b11-10+. The molecular formula is C25H21ClN2O5. The SMILES string of the molecule is O=C(/C=C/c1cc(Cl)c2c(c1)OCCO2)NNC(=O)COc1ccccc1-c1ccccc1. The molecule has 0 saturated carbocycles. The van der Waals surface area contributed by atoms with Crippen LogP contribution in [0.15, 0.2) is 72.8 Å². The number of hydrogen-bond donors (Lipinski definition) is 2. The third-order valence-electron chi connectivity index (χ3n) is 4.70. The Labute approximate surface area is 195 Å². The van der Waals surface area contributed by atoms with Crippen molar-refractivity contribution in [2.45, 2.75) is 0 Å². The van der Waals surface area contributed by atoms with Gasteiger partial charge >= 0.3 is 0 Å². The molecule has 0 aliphatic carbocycles. The highest BCUT2D eigenvalue weighted by atomic mass is 35.5. The summed E-state index contributed by atoms with van der Waals surface area (Å²) in [6.07, 6.45) is 2.83. The fraction of sp³-hybridized carbons (Fsp3) is 0.120. The number of ether oxygens (including phenoxy) is 3. The minimum atomic E-state index is -0.515. The van der Waals surface area contributed by atoms with Crippen LogP contribution in [-0.2, 0) is 9.59 Å². The molecule has 0 saturated heterocycles. The summed E-state index contributed by atoms with van der Waals surface area (Å²) in [5.41, 5.74) is 7.15. The molecule has 0 aromatic heterocycles. The number of benzene rings is 3. The molecule has 1 aliphatic heterocycles. The molecule has 1 heterocycles. The van der Waals surface area contributed by atoms with Crippen molar-refractivity contribution in [1.29, 1.82) is 0 Å². The predicted molar refractivity (Wildman–Crippen MR) is 125 cm³/mol. The Kier molecular flexibility index (Phi) is 7.12. The first-order valence-corrected chi connectivity index (χ1v) is 10.6. The molecule has 0 bridgehead atoms. The van der Waals surface area contributed by atoms with Gasteiger partial charge in [0.2, 0.25) is 0 Å². The highest BCUT2D eigenvalue weighted by Crippen LogP contribution is 2.38. The fourth-order valence-electron chi connectivity index (χ4n) is 3.20. The molecule has 8 heteroatoms. The van der Waals surface area contributed by atoms with Crippen molar-refractivity contribution in [3.05, 3.63) is 83.4 Å². The number of nitrogens with one attached hydrogen (secondary N) is 2. The van der Waals surface area contributed by atoms with Crippen LogP contribution in [0.2, 0.25) is 5.02 Å². The molecule has 168 valence electrons. The van der Waals surface area contributed by atoms with Gasteiger partial charge in [-0.3, -0.25) is 20.4 Å². The van der Waals surface area contributed by atoms with E-state index in [-0.39, 0.29) is 6.61 Å². The van der Waals surface area contributed by atoms with Gasteiger partial charge in [-0.15, -0.1) is 0 Å². The van der Waals surface area contributed by atoms with E-state index in [1.807, 2.05) is 48.5 Å². The van der Waals surface area contributed by atoms with Gasteiger partial charge in [-0.1, -0.05) is 60.1 Å². The quantitative estimate of drug-likeness (QED) is 0.425. The summed E-state index contributed by atoms with van der Waals surface area (Å²) in [5.74, 6) is 0.572. The lowest BCUT2D eigenvalue weighted by atomic mass is 10.1. The summed E-state index contributed by atoms with van der Waals surface area (Å²) in [7, 11) is 0. The molecule has 4 rings (SSSR count). The molecule has 7 nitrogen and oxygen atoms in total. The number of halogens is 1. The van der Waals surface area contributed by atoms with E-state index in [1.165, 1.54) is 6.08 Å². The van der Waals surface area contributed by atoms with Crippen molar-refractivity contribution in [3.63, 3.8) is 0 Å². The van der Waals surface area contributed by atoms with Crippen LogP contribution < -0.4 is 25.1 Å². The normalized spacial score (nSPS) is 12.3. The van der Waals surface area contributed by atoms with E-state index in [0.29, 0.717) is 41.0 Å². The second-order valence-corrected chi connectivity index (χ2v) is 7.46. The molecular weight excluding hydrogens is 444 g/mol. The number of amides is 2. The lowest BCUT2D eigenvalue weighted by Crippen LogP contribution is -2.43. The van der Waals surface area contributed by atoms with Gasteiger partial charge in [0, 0.05) is 11.6 Å². The van der Waals surface area contributed by atoms with Crippen LogP contribution in [0.5, 0.6) is 17.2 Å². The molecule has 3 aromatic carbocycles. The second-order valence-electron chi connectivity index (χ2n) is 7.05. The number of hydrogen-bond acceptors (Lipinski definition) is 5. The highest BCUT2D eigenvalue weighted by Gasteiger charge is 2.16. The van der Waals surface area contributed by atoms with E-state index in [2.05, 4.69) is 10.9 Å². The molecule has 0 atom stereocenters. The molecule has 0 unspecified atom stereocenters. The van der Waals surface area contributed by atoms with E-state index in [9.17, 15) is 9.59 Å². The van der Waals surface area contributed by atoms with Crippen LogP contribution in [0.1, 0.15) is 5.56 Å². The zero-order valence-corrected chi connectivity index (χ0v) is 18.3. The van der Waals surface area contributed by atoms with Crippen LogP contribution >= 0.6 is 11.6 Å². The summed E-state index contributed by atoms with van der Waals surface area (Å²) >= 11 is 6.19. The zero-order chi connectivity index (χ0) is 23.0. The Bertz CT molecular complexity index is 1180. The van der Waals surface area contributed by atoms with Crippen molar-refractivity contribution >= 4 is 29.5 Å². The maximum Gasteiger partial charge on any atom is 0.276 e. The van der Waals surface area contributed by atoms with Crippen molar-refractivity contribution in [3.8, 4) is 28.4 Å². The monoisotopic (exact) mass is 464 g/mol. The summed E-state index contributed by atoms with van der Waals surface area (Å²) in [4.78, 5) is 24.2. The number of carbonyl (C=O) groups is 2. The van der Waals surface area contributed by atoms with Crippen LogP contribution in [0.3, 0.4) is 0 Å². The van der Waals surface area contributed by atoms with Crippen molar-refractivity contribution in [2.75, 3.05) is 19.8 Å². The summed E-state index contributed by atoms with van der Waals surface area (Å²) < 4.78 is 16.6. The number of rotatable bonds is 6. The van der Waals surface area contributed by atoms with E-state index >= 15 is 0 Å². The third kappa shape index (κ3) is 5.84. The van der Waals surface area contributed by atoms with Gasteiger partial charge in [-0.05, 0) is 35.4 Å². The van der Waals surface area contributed by atoms with Crippen LogP contribution in [0, 0.1) is 0 Å². The molecule has 2 amide bonds. The zero-order valence-electron chi connectivity index (χ0n) is 17.5. The fourth-order valence-corrected chi connectivity index (χ4v) is 3.47. The van der Waals surface area contributed by atoms with Crippen molar-refractivity contribution < 1.29 is 23.8 Å². The minimum absolute atomic E-state index is 0.258. The van der Waals surface area contributed by atoms with E-state index in [1.54, 1.807) is 24.3 Å². The lowest BCUT2D eigenvalue weighted by Gasteiger charge is -2.19. The minimum Gasteiger partial charge on any atom is -0.486 e. The van der Waals surface area contributed by atoms with Gasteiger partial charge < -0.3 is 14.2 Å². The van der Waals surface area contributed by atoms with Crippen molar-refractivity contribution in [2.24, 2.45) is 0 Å². The first-order valence-electron chi connectivity index (χ1n) is 10.2. The van der Waals surface area contributed by atoms with Gasteiger partial charge in [0.1, 0.15) is 19.0 Å². The molecule has 0 spiro atoms. The maximum atomic E-state index is 12.1. The van der Waals surface area contributed by atoms with Gasteiger partial charge in [-0.25, -0.2) is 0 Å². The summed E-state index contributed by atoms with van der Waals surface area (Å²) in [6.45, 7) is 0.609. The summed E-state index contributed by atoms with van der Waals surface area (Å²) in [6, 6.07) is 20.5. The van der Waals surface area contributed by atoms with E-state index < -0.39 is 11.8 Å². The topological polar surface area (TPSA) is 85.9 Å². The molecule has 0 fully saturated rings. The third-order valence-corrected chi connectivity index (χ3v) is 4.98. The second kappa shape index (κ2) is 10.6. The molecule has 0 radical (unpaired) electrons. The molecule has 33 heavy (non-hydrogen) atoms. The van der Waals surface area contributed by atoms with Crippen molar-refractivity contribution in [1.82, 2.24) is 10.9 Å². The highest BCUT2D eigenvalue weighted by molar-refractivity contribution is 6.32. The van der Waals surface area contributed by atoms with E-state index in [4.69, 9.17) is 25.8 Å². The average molecular weight is 465 g/mol. The Morgan fingerprint density at radius 1 is 0.970 bits per heavy atom. The Hall–Kier alpha value is -3.97. The number of carbonyl (C=O) groups excluding carboxylic acids is 2. The largest absolute Gasteiger partial charge is 0.486 e. The number of para-hydroxylation sites is 1. The first kappa shape index (κ1) is 22.2. The lowest BCUT2D eigenvalue weighted by molar-refractivity contribution is -0.128. The van der Waals surface area contributed by atoms with Gasteiger partial charge in [-0.2, -0.15) is 0 Å². The molecule has 3 aromatic rings. The summed E-state index contributed by atoms with van der Waals surface area (Å²) in [5, 5.41) is 0.397.